The molecule has 98 valence electrons. The molecule has 1 aliphatic carbocycles. The number of nitrogens with one attached hydrogen (secondary N) is 1. The van der Waals surface area contributed by atoms with Crippen molar-refractivity contribution in [1.82, 2.24) is 0 Å². The van der Waals surface area contributed by atoms with E-state index < -0.39 is 0 Å². The minimum atomic E-state index is 0.431. The van der Waals surface area contributed by atoms with Gasteiger partial charge in [-0.15, -0.1) is 0 Å². The van der Waals surface area contributed by atoms with Gasteiger partial charge in [0.1, 0.15) is 4.99 Å². The third-order valence-electron chi connectivity index (χ3n) is 3.14. The van der Waals surface area contributed by atoms with Gasteiger partial charge in [0.2, 0.25) is 0 Å². The Balaban J connectivity index is 1.84. The van der Waals surface area contributed by atoms with Crippen LogP contribution >= 0.6 is 12.2 Å². The average Bonchev–Trinajstić information content (AvgIpc) is 3.14. The SMILES string of the molecule is Cc1cccc(C(N)=S)c1NCCOCC1CC1. The molecule has 4 heteroatoms. The van der Waals surface area contributed by atoms with Gasteiger partial charge < -0.3 is 15.8 Å². The number of rotatable bonds is 7. The molecule has 0 atom stereocenters. The predicted molar refractivity (Wildman–Crippen MR) is 79.1 cm³/mol. The maximum Gasteiger partial charge on any atom is 0.106 e. The van der Waals surface area contributed by atoms with E-state index in [0.717, 1.165) is 42.5 Å². The third-order valence-corrected chi connectivity index (χ3v) is 3.36. The van der Waals surface area contributed by atoms with Crippen molar-refractivity contribution in [2.45, 2.75) is 19.8 Å². The molecule has 3 N–H and O–H groups in total. The molecule has 0 amide bonds. The third kappa shape index (κ3) is 3.68. The second kappa shape index (κ2) is 6.16. The van der Waals surface area contributed by atoms with Gasteiger partial charge in [0.15, 0.2) is 0 Å². The highest BCUT2D eigenvalue weighted by Crippen LogP contribution is 2.28. The van der Waals surface area contributed by atoms with Gasteiger partial charge >= 0.3 is 0 Å². The summed E-state index contributed by atoms with van der Waals surface area (Å²) in [6, 6.07) is 5.97. The summed E-state index contributed by atoms with van der Waals surface area (Å²) >= 11 is 5.06. The second-order valence-electron chi connectivity index (χ2n) is 4.81. The Morgan fingerprint density at radius 1 is 1.50 bits per heavy atom. The zero-order valence-electron chi connectivity index (χ0n) is 10.7. The van der Waals surface area contributed by atoms with Crippen molar-refractivity contribution in [2.24, 2.45) is 11.7 Å². The van der Waals surface area contributed by atoms with Gasteiger partial charge in [-0.3, -0.25) is 0 Å². The lowest BCUT2D eigenvalue weighted by atomic mass is 10.1. The van der Waals surface area contributed by atoms with Crippen LogP contribution in [0.3, 0.4) is 0 Å². The fourth-order valence-electron chi connectivity index (χ4n) is 1.89. The Bertz CT molecular complexity index is 430. The highest BCUT2D eigenvalue weighted by Gasteiger charge is 2.20. The second-order valence-corrected chi connectivity index (χ2v) is 5.25. The minimum Gasteiger partial charge on any atom is -0.389 e. The molecule has 0 heterocycles. The maximum atomic E-state index is 5.72. The van der Waals surface area contributed by atoms with Crippen molar-refractivity contribution in [2.75, 3.05) is 25.1 Å². The number of thiocarbonyl (C=S) groups is 1. The smallest absolute Gasteiger partial charge is 0.106 e. The monoisotopic (exact) mass is 264 g/mol. The van der Waals surface area contributed by atoms with Crippen LogP contribution in [0.4, 0.5) is 5.69 Å². The highest BCUT2D eigenvalue weighted by molar-refractivity contribution is 7.80. The molecule has 1 saturated carbocycles. The van der Waals surface area contributed by atoms with Gasteiger partial charge in [0.05, 0.1) is 6.61 Å². The molecule has 1 aliphatic rings. The summed E-state index contributed by atoms with van der Waals surface area (Å²) in [5.41, 5.74) is 8.81. The Kier molecular flexibility index (Phi) is 4.55. The van der Waals surface area contributed by atoms with Crippen LogP contribution in [-0.4, -0.2) is 24.7 Å². The van der Waals surface area contributed by atoms with Crippen LogP contribution in [0.2, 0.25) is 0 Å². The fourth-order valence-corrected chi connectivity index (χ4v) is 2.06. The van der Waals surface area contributed by atoms with E-state index in [9.17, 15) is 0 Å². The zero-order valence-corrected chi connectivity index (χ0v) is 11.6. The molecule has 0 radical (unpaired) electrons. The average molecular weight is 264 g/mol. The predicted octanol–water partition coefficient (Wildman–Crippen LogP) is 2.47. The normalized spacial score (nSPS) is 14.5. The molecule has 1 aromatic carbocycles. The lowest BCUT2D eigenvalue weighted by Gasteiger charge is -2.14. The van der Waals surface area contributed by atoms with Crippen LogP contribution < -0.4 is 11.1 Å². The van der Waals surface area contributed by atoms with Crippen LogP contribution in [0, 0.1) is 12.8 Å². The number of anilines is 1. The van der Waals surface area contributed by atoms with Crippen LogP contribution in [0.25, 0.3) is 0 Å². The van der Waals surface area contributed by atoms with Crippen LogP contribution in [0.1, 0.15) is 24.0 Å². The van der Waals surface area contributed by atoms with Crippen molar-refractivity contribution in [3.8, 4) is 0 Å². The molecule has 0 spiro atoms. The van der Waals surface area contributed by atoms with E-state index in [1.807, 2.05) is 12.1 Å². The maximum absolute atomic E-state index is 5.72. The summed E-state index contributed by atoms with van der Waals surface area (Å²) in [5.74, 6) is 0.815. The summed E-state index contributed by atoms with van der Waals surface area (Å²) in [7, 11) is 0. The number of para-hydroxylation sites is 1. The van der Waals surface area contributed by atoms with Gasteiger partial charge in [-0.25, -0.2) is 0 Å². The van der Waals surface area contributed by atoms with Crippen molar-refractivity contribution >= 4 is 22.9 Å². The van der Waals surface area contributed by atoms with Gasteiger partial charge in [0, 0.05) is 24.4 Å². The Hall–Kier alpha value is -1.13. The summed E-state index contributed by atoms with van der Waals surface area (Å²) in [4.78, 5) is 0.431. The first kappa shape index (κ1) is 13.3. The summed E-state index contributed by atoms with van der Waals surface area (Å²) < 4.78 is 5.59. The Morgan fingerprint density at radius 2 is 2.28 bits per heavy atom. The molecule has 0 unspecified atom stereocenters. The zero-order chi connectivity index (χ0) is 13.0. The molecule has 3 nitrogen and oxygen atoms in total. The Labute approximate surface area is 114 Å². The van der Waals surface area contributed by atoms with Crippen molar-refractivity contribution < 1.29 is 4.74 Å². The summed E-state index contributed by atoms with van der Waals surface area (Å²) in [6.07, 6.45) is 2.66. The Morgan fingerprint density at radius 3 is 2.94 bits per heavy atom. The number of nitrogens with two attached hydrogens (primary N) is 1. The number of benzene rings is 1. The van der Waals surface area contributed by atoms with Crippen LogP contribution in [0.15, 0.2) is 18.2 Å². The highest BCUT2D eigenvalue weighted by atomic mass is 32.1. The number of hydrogen-bond donors (Lipinski definition) is 2. The van der Waals surface area contributed by atoms with E-state index in [-0.39, 0.29) is 0 Å². The first-order chi connectivity index (χ1) is 8.68. The van der Waals surface area contributed by atoms with E-state index in [2.05, 4.69) is 18.3 Å². The lowest BCUT2D eigenvalue weighted by molar-refractivity contribution is 0.134. The van der Waals surface area contributed by atoms with Crippen LogP contribution in [-0.2, 0) is 4.74 Å². The molecule has 18 heavy (non-hydrogen) atoms. The standard InChI is InChI=1S/C14H20N2OS/c1-10-3-2-4-12(14(15)18)13(10)16-7-8-17-9-11-5-6-11/h2-4,11,16H,5-9H2,1H3,(H2,15,18). The molecular formula is C14H20N2OS. The molecule has 0 aromatic heterocycles. The van der Waals surface area contributed by atoms with Gasteiger partial charge in [-0.05, 0) is 37.3 Å². The van der Waals surface area contributed by atoms with E-state index in [1.54, 1.807) is 0 Å². The first-order valence-electron chi connectivity index (χ1n) is 6.39. The van der Waals surface area contributed by atoms with E-state index in [4.69, 9.17) is 22.7 Å². The summed E-state index contributed by atoms with van der Waals surface area (Å²) in [6.45, 7) is 4.46. The number of aryl methyl sites for hydroxylation is 1. The lowest BCUT2D eigenvalue weighted by Crippen LogP contribution is -2.17. The van der Waals surface area contributed by atoms with Crippen molar-refractivity contribution in [3.05, 3.63) is 29.3 Å². The number of ether oxygens (including phenoxy) is 1. The molecule has 2 rings (SSSR count). The van der Waals surface area contributed by atoms with Gasteiger partial charge in [-0.2, -0.15) is 0 Å². The summed E-state index contributed by atoms with van der Waals surface area (Å²) in [5, 5.41) is 3.36. The first-order valence-corrected chi connectivity index (χ1v) is 6.80. The van der Waals surface area contributed by atoms with E-state index in [0.29, 0.717) is 4.99 Å². The van der Waals surface area contributed by atoms with E-state index >= 15 is 0 Å². The molecule has 0 saturated heterocycles. The fraction of sp³-hybridized carbons (Fsp3) is 0.500. The van der Waals surface area contributed by atoms with Gasteiger partial charge in [0.25, 0.3) is 0 Å². The molecule has 1 fully saturated rings. The van der Waals surface area contributed by atoms with Gasteiger partial charge in [-0.1, -0.05) is 24.4 Å². The van der Waals surface area contributed by atoms with Crippen LogP contribution in [0.5, 0.6) is 0 Å². The molecule has 0 aliphatic heterocycles. The largest absolute Gasteiger partial charge is 0.389 e. The van der Waals surface area contributed by atoms with Crippen molar-refractivity contribution in [1.29, 1.82) is 0 Å². The molecular weight excluding hydrogens is 244 g/mol. The number of hydrogen-bond acceptors (Lipinski definition) is 3. The molecule has 0 bridgehead atoms. The van der Waals surface area contributed by atoms with Crippen molar-refractivity contribution in [3.63, 3.8) is 0 Å². The minimum absolute atomic E-state index is 0.431. The molecule has 1 aromatic rings. The van der Waals surface area contributed by atoms with E-state index in [1.165, 1.54) is 12.8 Å². The quantitative estimate of drug-likeness (QED) is 0.587. The topological polar surface area (TPSA) is 47.3 Å².